The minimum absolute atomic E-state index is 0.0102. The van der Waals surface area contributed by atoms with E-state index < -0.39 is 5.60 Å². The minimum Gasteiger partial charge on any atom is -0.390 e. The van der Waals surface area contributed by atoms with Crippen molar-refractivity contribution in [3.8, 4) is 0 Å². The van der Waals surface area contributed by atoms with Gasteiger partial charge in [0.15, 0.2) is 0 Å². The molecule has 0 radical (unpaired) electrons. The minimum atomic E-state index is -0.487. The number of carbonyl (C=O) groups is 2. The molecule has 5 nitrogen and oxygen atoms in total. The largest absolute Gasteiger partial charge is 0.390 e. The lowest BCUT2D eigenvalue weighted by Gasteiger charge is -2.62. The highest BCUT2D eigenvalue weighted by atomic mass is 16.3. The van der Waals surface area contributed by atoms with Gasteiger partial charge in [-0.3, -0.25) is 9.59 Å². The molecule has 0 aromatic rings. The van der Waals surface area contributed by atoms with Crippen LogP contribution in [0.3, 0.4) is 0 Å². The Morgan fingerprint density at radius 1 is 1.23 bits per heavy atom. The molecule has 0 heterocycles. The van der Waals surface area contributed by atoms with Crippen molar-refractivity contribution in [2.75, 3.05) is 6.54 Å². The lowest BCUT2D eigenvalue weighted by molar-refractivity contribution is -0.173. The van der Waals surface area contributed by atoms with Gasteiger partial charge in [-0.25, -0.2) is 0 Å². The van der Waals surface area contributed by atoms with Crippen LogP contribution in [-0.2, 0) is 9.59 Å². The molecule has 4 bridgehead atoms. The lowest BCUT2D eigenvalue weighted by Crippen LogP contribution is -2.61. The van der Waals surface area contributed by atoms with Crippen LogP contribution in [0.1, 0.15) is 58.8 Å². The number of hydrogen-bond donors (Lipinski definition) is 3. The Kier molecular flexibility index (Phi) is 3.96. The van der Waals surface area contributed by atoms with E-state index in [0.29, 0.717) is 24.8 Å². The Labute approximate surface area is 132 Å². The van der Waals surface area contributed by atoms with E-state index in [1.165, 1.54) is 13.3 Å². The maximum Gasteiger partial charge on any atom is 0.221 e. The molecule has 3 atom stereocenters. The molecule has 4 fully saturated rings. The van der Waals surface area contributed by atoms with Gasteiger partial charge >= 0.3 is 0 Å². The molecule has 0 aromatic heterocycles. The van der Waals surface area contributed by atoms with Gasteiger partial charge in [0, 0.05) is 25.9 Å². The molecule has 0 unspecified atom stereocenters. The third-order valence-electron chi connectivity index (χ3n) is 6.10. The second kappa shape index (κ2) is 5.52. The van der Waals surface area contributed by atoms with Crippen LogP contribution in [0.5, 0.6) is 0 Å². The average molecular weight is 308 g/mol. The number of rotatable bonds is 5. The van der Waals surface area contributed by atoms with Crippen LogP contribution in [-0.4, -0.2) is 35.1 Å². The van der Waals surface area contributed by atoms with Crippen molar-refractivity contribution in [2.24, 2.45) is 17.3 Å². The third kappa shape index (κ3) is 3.00. The summed E-state index contributed by atoms with van der Waals surface area (Å²) in [6.45, 7) is 3.93. The second-order valence-corrected chi connectivity index (χ2v) is 8.07. The van der Waals surface area contributed by atoms with E-state index in [4.69, 9.17) is 0 Å². The summed E-state index contributed by atoms with van der Waals surface area (Å²) in [4.78, 5) is 22.9. The zero-order valence-corrected chi connectivity index (χ0v) is 13.7. The zero-order valence-electron chi connectivity index (χ0n) is 13.7. The summed E-state index contributed by atoms with van der Waals surface area (Å²) in [5.41, 5.74) is -0.415. The number of amides is 2. The van der Waals surface area contributed by atoms with Crippen LogP contribution in [0.25, 0.3) is 0 Å². The summed E-state index contributed by atoms with van der Waals surface area (Å²) in [6.07, 6.45) is 6.59. The van der Waals surface area contributed by atoms with E-state index in [-0.39, 0.29) is 23.3 Å². The molecule has 22 heavy (non-hydrogen) atoms. The molecule has 124 valence electrons. The van der Waals surface area contributed by atoms with Crippen molar-refractivity contribution < 1.29 is 14.7 Å². The number of hydrogen-bond acceptors (Lipinski definition) is 3. The first-order valence-corrected chi connectivity index (χ1v) is 8.56. The predicted molar refractivity (Wildman–Crippen MR) is 83.0 cm³/mol. The normalized spacial score (nSPS) is 40.3. The van der Waals surface area contributed by atoms with Crippen molar-refractivity contribution in [3.63, 3.8) is 0 Å². The molecule has 5 heteroatoms. The van der Waals surface area contributed by atoms with Crippen molar-refractivity contribution in [3.05, 3.63) is 0 Å². The summed E-state index contributed by atoms with van der Waals surface area (Å²) in [7, 11) is 0. The van der Waals surface area contributed by atoms with E-state index in [0.717, 1.165) is 32.1 Å². The first kappa shape index (κ1) is 15.8. The fourth-order valence-electron chi connectivity index (χ4n) is 5.61. The fourth-order valence-corrected chi connectivity index (χ4v) is 5.61. The molecule has 4 aliphatic carbocycles. The van der Waals surface area contributed by atoms with E-state index in [1.807, 2.05) is 0 Å². The summed E-state index contributed by atoms with van der Waals surface area (Å²) >= 11 is 0. The molecule has 0 aromatic carbocycles. The van der Waals surface area contributed by atoms with Gasteiger partial charge in [0.25, 0.3) is 0 Å². The smallest absolute Gasteiger partial charge is 0.221 e. The molecule has 2 amide bonds. The summed E-state index contributed by atoms with van der Waals surface area (Å²) in [5.74, 6) is 1.14. The summed E-state index contributed by atoms with van der Waals surface area (Å²) < 4.78 is 0. The highest BCUT2D eigenvalue weighted by molar-refractivity contribution is 5.78. The molecule has 0 saturated heterocycles. The van der Waals surface area contributed by atoms with Gasteiger partial charge in [-0.1, -0.05) is 0 Å². The molecule has 4 aliphatic rings. The van der Waals surface area contributed by atoms with E-state index >= 15 is 0 Å². The molecule has 4 rings (SSSR count). The van der Waals surface area contributed by atoms with Gasteiger partial charge in [-0.15, -0.1) is 0 Å². The van der Waals surface area contributed by atoms with Crippen molar-refractivity contribution in [1.29, 1.82) is 0 Å². The molecular formula is C17H28N2O3. The van der Waals surface area contributed by atoms with Crippen molar-refractivity contribution >= 4 is 11.8 Å². The van der Waals surface area contributed by atoms with Crippen LogP contribution in [0.4, 0.5) is 0 Å². The second-order valence-electron chi connectivity index (χ2n) is 8.07. The van der Waals surface area contributed by atoms with Gasteiger partial charge in [-0.05, 0) is 62.7 Å². The van der Waals surface area contributed by atoms with Crippen molar-refractivity contribution in [1.82, 2.24) is 10.6 Å². The Hall–Kier alpha value is -1.10. The molecule has 0 spiro atoms. The maximum atomic E-state index is 12.1. The van der Waals surface area contributed by atoms with Crippen LogP contribution in [0.15, 0.2) is 0 Å². The van der Waals surface area contributed by atoms with E-state index in [9.17, 15) is 14.7 Å². The summed E-state index contributed by atoms with van der Waals surface area (Å²) in [6, 6.07) is 0.0924. The molecular weight excluding hydrogens is 280 g/mol. The molecule has 4 saturated carbocycles. The first-order chi connectivity index (χ1) is 10.3. The average Bonchev–Trinajstić information content (AvgIpc) is 2.34. The fraction of sp³-hybridized carbons (Fsp3) is 0.882. The zero-order chi connectivity index (χ0) is 16.0. The number of aliphatic hydroxyl groups is 1. The molecule has 0 aliphatic heterocycles. The number of carbonyl (C=O) groups excluding carboxylic acids is 2. The lowest BCUT2D eigenvalue weighted by atomic mass is 9.46. The molecule has 3 N–H and O–H groups in total. The highest BCUT2D eigenvalue weighted by Gasteiger charge is 2.58. The topological polar surface area (TPSA) is 78.4 Å². The Bertz CT molecular complexity index is 463. The Morgan fingerprint density at radius 2 is 1.86 bits per heavy atom. The van der Waals surface area contributed by atoms with Crippen LogP contribution >= 0.6 is 0 Å². The summed E-state index contributed by atoms with van der Waals surface area (Å²) in [5, 5.41) is 16.6. The predicted octanol–water partition coefficient (Wildman–Crippen LogP) is 1.35. The third-order valence-corrected chi connectivity index (χ3v) is 6.10. The standard InChI is InChI=1S/C17H28N2O3/c1-11(19-15(21)3-4-18-12(2)20)16-6-13-5-14(7-16)9-17(22,8-13)10-16/h11,13-14,22H,3-10H2,1-2H3,(H,18,20)(H,19,21)/t11-,13+,14+,16?,17?/m0/s1. The van der Waals surface area contributed by atoms with Gasteiger partial charge in [0.1, 0.15) is 0 Å². The highest BCUT2D eigenvalue weighted by Crippen LogP contribution is 2.62. The monoisotopic (exact) mass is 308 g/mol. The van der Waals surface area contributed by atoms with Gasteiger partial charge in [0.2, 0.25) is 11.8 Å². The quantitative estimate of drug-likeness (QED) is 0.717. The Morgan fingerprint density at radius 3 is 2.41 bits per heavy atom. The number of nitrogens with one attached hydrogen (secondary N) is 2. The van der Waals surface area contributed by atoms with Crippen LogP contribution in [0, 0.1) is 17.3 Å². The van der Waals surface area contributed by atoms with E-state index in [1.54, 1.807) is 0 Å². The van der Waals surface area contributed by atoms with Gasteiger partial charge < -0.3 is 15.7 Å². The van der Waals surface area contributed by atoms with Crippen LogP contribution in [0.2, 0.25) is 0 Å². The maximum absolute atomic E-state index is 12.1. The SMILES string of the molecule is CC(=O)NCCC(=O)N[C@@H](C)C12C[C@H]3C[C@@H](CC(O)(C3)C1)C2. The van der Waals surface area contributed by atoms with Crippen LogP contribution < -0.4 is 10.6 Å². The van der Waals surface area contributed by atoms with Gasteiger partial charge in [0.05, 0.1) is 5.60 Å². The van der Waals surface area contributed by atoms with E-state index in [2.05, 4.69) is 17.6 Å². The van der Waals surface area contributed by atoms with Gasteiger partial charge in [-0.2, -0.15) is 0 Å². The Balaban J connectivity index is 1.59. The van der Waals surface area contributed by atoms with Crippen molar-refractivity contribution in [2.45, 2.75) is 70.4 Å². The first-order valence-electron chi connectivity index (χ1n) is 8.56.